The molecule has 2 N–H and O–H groups in total. The fourth-order valence-corrected chi connectivity index (χ4v) is 2.91. The van der Waals surface area contributed by atoms with Crippen LogP contribution >= 0.6 is 0 Å². The van der Waals surface area contributed by atoms with Crippen LogP contribution in [-0.2, 0) is 16.0 Å². The van der Waals surface area contributed by atoms with Gasteiger partial charge < -0.3 is 10.4 Å². The Balaban J connectivity index is 1.85. The minimum absolute atomic E-state index is 0.143. The summed E-state index contributed by atoms with van der Waals surface area (Å²) in [6.07, 6.45) is 0.767. The Labute approximate surface area is 119 Å². The fourth-order valence-electron chi connectivity index (χ4n) is 2.91. The van der Waals surface area contributed by atoms with E-state index in [-0.39, 0.29) is 5.91 Å². The molecule has 108 valence electrons. The van der Waals surface area contributed by atoms with Crippen LogP contribution in [0.4, 0.5) is 0 Å². The van der Waals surface area contributed by atoms with E-state index < -0.39 is 23.2 Å². The van der Waals surface area contributed by atoms with E-state index in [9.17, 15) is 9.59 Å². The average Bonchev–Trinajstić information content (AvgIpc) is 2.95. The molecule has 1 aliphatic carbocycles. The second-order valence-corrected chi connectivity index (χ2v) is 6.08. The van der Waals surface area contributed by atoms with E-state index in [4.69, 9.17) is 5.11 Å². The fraction of sp³-hybridized carbons (Fsp3) is 0.500. The summed E-state index contributed by atoms with van der Waals surface area (Å²) in [5.41, 5.74) is 1.98. The first kappa shape index (κ1) is 14.6. The summed E-state index contributed by atoms with van der Waals surface area (Å²) in [5, 5.41) is 11.9. The Morgan fingerprint density at radius 3 is 2.45 bits per heavy atom. The molecule has 2 atom stereocenters. The highest BCUT2D eigenvalue weighted by Crippen LogP contribution is 2.58. The van der Waals surface area contributed by atoms with Crippen LogP contribution in [0.15, 0.2) is 24.3 Å². The summed E-state index contributed by atoms with van der Waals surface area (Å²) in [4.78, 5) is 23.1. The van der Waals surface area contributed by atoms with Crippen LogP contribution in [0.25, 0.3) is 0 Å². The van der Waals surface area contributed by atoms with Crippen LogP contribution < -0.4 is 5.32 Å². The van der Waals surface area contributed by atoms with E-state index in [1.54, 1.807) is 0 Å². The molecule has 0 radical (unpaired) electrons. The summed E-state index contributed by atoms with van der Waals surface area (Å²) in [6, 6.07) is 8.06. The second-order valence-electron chi connectivity index (χ2n) is 6.08. The lowest BCUT2D eigenvalue weighted by atomic mass is 10.1. The average molecular weight is 275 g/mol. The van der Waals surface area contributed by atoms with Crippen LogP contribution in [0, 0.1) is 24.2 Å². The van der Waals surface area contributed by atoms with Gasteiger partial charge in [-0.05, 0) is 29.9 Å². The van der Waals surface area contributed by atoms with Crippen LogP contribution in [0.1, 0.15) is 25.0 Å². The standard InChI is InChI=1S/C16H21NO3/c1-10-6-4-5-7-11(10)8-9-17-14(18)12-13(15(19)20)16(12,2)3/h4-7,12-13H,8-9H2,1-3H3,(H,17,18)(H,19,20)/t12-,13+/m0/s1. The first-order valence-corrected chi connectivity index (χ1v) is 6.90. The number of aliphatic carboxylic acids is 1. The minimum Gasteiger partial charge on any atom is -0.481 e. The molecule has 1 aliphatic rings. The molecular formula is C16H21NO3. The Hall–Kier alpha value is -1.84. The zero-order valence-corrected chi connectivity index (χ0v) is 12.1. The van der Waals surface area contributed by atoms with Crippen molar-refractivity contribution >= 4 is 11.9 Å². The molecule has 1 aromatic rings. The van der Waals surface area contributed by atoms with E-state index in [2.05, 4.69) is 5.32 Å². The number of hydrogen-bond donors (Lipinski definition) is 2. The van der Waals surface area contributed by atoms with Gasteiger partial charge in [0.15, 0.2) is 0 Å². The molecule has 1 fully saturated rings. The predicted molar refractivity (Wildman–Crippen MR) is 76.3 cm³/mol. The van der Waals surface area contributed by atoms with Crippen molar-refractivity contribution in [1.29, 1.82) is 0 Å². The number of carbonyl (C=O) groups is 2. The van der Waals surface area contributed by atoms with Gasteiger partial charge in [-0.1, -0.05) is 38.1 Å². The Bertz CT molecular complexity index is 536. The summed E-state index contributed by atoms with van der Waals surface area (Å²) in [6.45, 7) is 6.25. The van der Waals surface area contributed by atoms with Crippen LogP contribution in [-0.4, -0.2) is 23.5 Å². The highest BCUT2D eigenvalue weighted by Gasteiger charge is 2.65. The number of rotatable bonds is 5. The number of amides is 1. The molecule has 0 bridgehead atoms. The van der Waals surface area contributed by atoms with Crippen molar-refractivity contribution < 1.29 is 14.7 Å². The topological polar surface area (TPSA) is 66.4 Å². The van der Waals surface area contributed by atoms with Crippen molar-refractivity contribution in [2.45, 2.75) is 27.2 Å². The zero-order valence-electron chi connectivity index (χ0n) is 12.1. The molecule has 0 spiro atoms. The van der Waals surface area contributed by atoms with Gasteiger partial charge in [-0.15, -0.1) is 0 Å². The minimum atomic E-state index is -0.881. The van der Waals surface area contributed by atoms with Gasteiger partial charge in [-0.2, -0.15) is 0 Å². The summed E-state index contributed by atoms with van der Waals surface area (Å²) < 4.78 is 0. The molecule has 1 aromatic carbocycles. The van der Waals surface area contributed by atoms with Crippen molar-refractivity contribution in [3.63, 3.8) is 0 Å². The monoisotopic (exact) mass is 275 g/mol. The third kappa shape index (κ3) is 2.69. The molecule has 0 aromatic heterocycles. The van der Waals surface area contributed by atoms with Crippen molar-refractivity contribution in [3.8, 4) is 0 Å². The van der Waals surface area contributed by atoms with E-state index in [1.165, 1.54) is 11.1 Å². The number of carbonyl (C=O) groups excluding carboxylic acids is 1. The van der Waals surface area contributed by atoms with Crippen molar-refractivity contribution in [1.82, 2.24) is 5.32 Å². The normalized spacial score (nSPS) is 23.1. The molecule has 2 rings (SSSR count). The first-order valence-electron chi connectivity index (χ1n) is 6.90. The molecule has 0 unspecified atom stereocenters. The van der Waals surface area contributed by atoms with Crippen molar-refractivity contribution in [2.24, 2.45) is 17.3 Å². The molecule has 1 amide bonds. The smallest absolute Gasteiger partial charge is 0.307 e. The Kier molecular flexibility index (Phi) is 3.84. The number of hydrogen-bond acceptors (Lipinski definition) is 2. The first-order chi connectivity index (χ1) is 9.35. The number of nitrogens with one attached hydrogen (secondary N) is 1. The van der Waals surface area contributed by atoms with Gasteiger partial charge in [0.2, 0.25) is 5.91 Å². The van der Waals surface area contributed by atoms with E-state index >= 15 is 0 Å². The molecule has 1 saturated carbocycles. The predicted octanol–water partition coefficient (Wildman–Crippen LogP) is 2.01. The van der Waals surface area contributed by atoms with Gasteiger partial charge >= 0.3 is 5.97 Å². The lowest BCUT2D eigenvalue weighted by Crippen LogP contribution is -2.29. The van der Waals surface area contributed by atoms with Gasteiger partial charge in [0.25, 0.3) is 0 Å². The third-order valence-electron chi connectivity index (χ3n) is 4.33. The van der Waals surface area contributed by atoms with Crippen LogP contribution in [0.3, 0.4) is 0 Å². The number of benzene rings is 1. The maximum atomic E-state index is 12.0. The van der Waals surface area contributed by atoms with Gasteiger partial charge in [0, 0.05) is 6.54 Å². The number of aryl methyl sites for hydroxylation is 1. The van der Waals surface area contributed by atoms with E-state index in [0.29, 0.717) is 6.54 Å². The van der Waals surface area contributed by atoms with Crippen molar-refractivity contribution in [3.05, 3.63) is 35.4 Å². The Morgan fingerprint density at radius 2 is 1.90 bits per heavy atom. The van der Waals surface area contributed by atoms with Gasteiger partial charge in [0.05, 0.1) is 11.8 Å². The quantitative estimate of drug-likeness (QED) is 0.864. The van der Waals surface area contributed by atoms with Crippen LogP contribution in [0.2, 0.25) is 0 Å². The summed E-state index contributed by atoms with van der Waals surface area (Å²) in [7, 11) is 0. The van der Waals surface area contributed by atoms with Crippen molar-refractivity contribution in [2.75, 3.05) is 6.54 Å². The summed E-state index contributed by atoms with van der Waals surface area (Å²) in [5.74, 6) is -1.98. The second kappa shape index (κ2) is 5.27. The molecular weight excluding hydrogens is 254 g/mol. The molecule has 0 saturated heterocycles. The molecule has 20 heavy (non-hydrogen) atoms. The maximum absolute atomic E-state index is 12.0. The Morgan fingerprint density at radius 1 is 1.25 bits per heavy atom. The highest BCUT2D eigenvalue weighted by atomic mass is 16.4. The highest BCUT2D eigenvalue weighted by molar-refractivity contribution is 5.91. The lowest BCUT2D eigenvalue weighted by molar-refractivity contribution is -0.140. The largest absolute Gasteiger partial charge is 0.481 e. The zero-order chi connectivity index (χ0) is 14.9. The SMILES string of the molecule is Cc1ccccc1CCNC(=O)[C@@H]1[C@H](C(=O)O)C1(C)C. The molecule has 0 aliphatic heterocycles. The van der Waals surface area contributed by atoms with Gasteiger partial charge in [-0.3, -0.25) is 9.59 Å². The van der Waals surface area contributed by atoms with E-state index in [0.717, 1.165) is 6.42 Å². The molecule has 4 nitrogen and oxygen atoms in total. The lowest BCUT2D eigenvalue weighted by Gasteiger charge is -2.08. The molecule has 0 heterocycles. The number of carboxylic acid groups (broad SMARTS) is 1. The van der Waals surface area contributed by atoms with Gasteiger partial charge in [0.1, 0.15) is 0 Å². The van der Waals surface area contributed by atoms with Gasteiger partial charge in [-0.25, -0.2) is 0 Å². The molecule has 4 heteroatoms. The van der Waals surface area contributed by atoms with Crippen LogP contribution in [0.5, 0.6) is 0 Å². The summed E-state index contributed by atoms with van der Waals surface area (Å²) >= 11 is 0. The third-order valence-corrected chi connectivity index (χ3v) is 4.33. The maximum Gasteiger partial charge on any atom is 0.307 e. The van der Waals surface area contributed by atoms with E-state index in [1.807, 2.05) is 45.0 Å². The number of carboxylic acids is 1.